The van der Waals surface area contributed by atoms with E-state index in [0.717, 1.165) is 27.7 Å². The number of rotatable bonds is 4. The Hall–Kier alpha value is -3.08. The lowest BCUT2D eigenvalue weighted by molar-refractivity contribution is -0.115. The Balaban J connectivity index is 1.77. The van der Waals surface area contributed by atoms with Crippen LogP contribution in [0.2, 0.25) is 0 Å². The van der Waals surface area contributed by atoms with E-state index in [4.69, 9.17) is 4.42 Å². The molecule has 1 aromatic heterocycles. The molecular formula is C21H22N2O3. The van der Waals surface area contributed by atoms with E-state index < -0.39 is 0 Å². The molecule has 3 aromatic rings. The first kappa shape index (κ1) is 17.7. The van der Waals surface area contributed by atoms with Crippen LogP contribution < -0.4 is 10.6 Å². The van der Waals surface area contributed by atoms with E-state index in [1.54, 1.807) is 12.3 Å². The summed E-state index contributed by atoms with van der Waals surface area (Å²) in [7, 11) is 0. The normalized spacial score (nSPS) is 10.8. The third-order valence-corrected chi connectivity index (χ3v) is 4.45. The van der Waals surface area contributed by atoms with Gasteiger partial charge in [0.25, 0.3) is 0 Å². The van der Waals surface area contributed by atoms with Gasteiger partial charge in [0, 0.05) is 29.2 Å². The molecule has 1 heterocycles. The summed E-state index contributed by atoms with van der Waals surface area (Å²) in [6.07, 6.45) is 1.86. The van der Waals surface area contributed by atoms with Crippen LogP contribution in [0.15, 0.2) is 41.0 Å². The third-order valence-electron chi connectivity index (χ3n) is 4.45. The molecule has 0 saturated carbocycles. The van der Waals surface area contributed by atoms with Gasteiger partial charge in [0.15, 0.2) is 0 Å². The van der Waals surface area contributed by atoms with Crippen LogP contribution in [0.4, 0.5) is 11.4 Å². The maximum absolute atomic E-state index is 12.5. The highest BCUT2D eigenvalue weighted by molar-refractivity contribution is 5.97. The number of hydrogen-bond donors (Lipinski definition) is 2. The number of carbonyl (C=O) groups is 2. The largest absolute Gasteiger partial charge is 0.464 e. The van der Waals surface area contributed by atoms with E-state index in [0.29, 0.717) is 11.4 Å². The van der Waals surface area contributed by atoms with Crippen molar-refractivity contribution in [3.63, 3.8) is 0 Å². The standard InChI is InChI=1S/C21H22N2O3/c1-12-5-6-17(10-19(12)22-15(4)24)23-21(25)9-16-11-26-20-8-14(3)13(2)7-18(16)20/h5-8,10-11H,9H2,1-4H3,(H,22,24)(H,23,25). The Morgan fingerprint density at radius 2 is 1.69 bits per heavy atom. The van der Waals surface area contributed by atoms with Crippen molar-refractivity contribution in [3.05, 3.63) is 58.8 Å². The average molecular weight is 350 g/mol. The molecule has 0 aliphatic heterocycles. The van der Waals surface area contributed by atoms with Crippen LogP contribution in [0, 0.1) is 20.8 Å². The molecule has 26 heavy (non-hydrogen) atoms. The maximum Gasteiger partial charge on any atom is 0.228 e. The Bertz CT molecular complexity index is 1000. The van der Waals surface area contributed by atoms with Gasteiger partial charge >= 0.3 is 0 Å². The number of fused-ring (bicyclic) bond motifs is 1. The van der Waals surface area contributed by atoms with E-state index in [1.165, 1.54) is 12.5 Å². The van der Waals surface area contributed by atoms with E-state index in [9.17, 15) is 9.59 Å². The summed E-state index contributed by atoms with van der Waals surface area (Å²) in [5, 5.41) is 6.61. The monoisotopic (exact) mass is 350 g/mol. The van der Waals surface area contributed by atoms with Crippen LogP contribution in [-0.2, 0) is 16.0 Å². The van der Waals surface area contributed by atoms with Gasteiger partial charge in [-0.3, -0.25) is 9.59 Å². The van der Waals surface area contributed by atoms with Crippen molar-refractivity contribution in [2.45, 2.75) is 34.1 Å². The number of aryl methyl sites for hydroxylation is 3. The van der Waals surface area contributed by atoms with Crippen molar-refractivity contribution >= 4 is 34.2 Å². The quantitative estimate of drug-likeness (QED) is 0.728. The molecule has 0 bridgehead atoms. The summed E-state index contributed by atoms with van der Waals surface area (Å²) >= 11 is 0. The van der Waals surface area contributed by atoms with Gasteiger partial charge in [0.2, 0.25) is 11.8 Å². The molecule has 0 saturated heterocycles. The average Bonchev–Trinajstić information content (AvgIpc) is 2.92. The maximum atomic E-state index is 12.5. The molecule has 5 heteroatoms. The highest BCUT2D eigenvalue weighted by Crippen LogP contribution is 2.26. The molecule has 2 N–H and O–H groups in total. The minimum atomic E-state index is -0.146. The molecule has 0 spiro atoms. The van der Waals surface area contributed by atoms with Crippen LogP contribution in [-0.4, -0.2) is 11.8 Å². The van der Waals surface area contributed by atoms with Gasteiger partial charge in [-0.05, 0) is 61.7 Å². The first-order valence-electron chi connectivity index (χ1n) is 8.49. The molecule has 0 aliphatic rings. The van der Waals surface area contributed by atoms with Gasteiger partial charge in [-0.15, -0.1) is 0 Å². The number of anilines is 2. The number of amides is 2. The van der Waals surface area contributed by atoms with Gasteiger partial charge in [-0.1, -0.05) is 6.07 Å². The second-order valence-electron chi connectivity index (χ2n) is 6.63. The van der Waals surface area contributed by atoms with Crippen LogP contribution in [0.5, 0.6) is 0 Å². The van der Waals surface area contributed by atoms with Crippen molar-refractivity contribution in [1.29, 1.82) is 0 Å². The van der Waals surface area contributed by atoms with E-state index in [2.05, 4.69) is 16.7 Å². The van der Waals surface area contributed by atoms with Gasteiger partial charge < -0.3 is 15.1 Å². The smallest absolute Gasteiger partial charge is 0.228 e. The van der Waals surface area contributed by atoms with Gasteiger partial charge in [0.05, 0.1) is 12.7 Å². The Labute approximate surface area is 152 Å². The lowest BCUT2D eigenvalue weighted by atomic mass is 10.0. The number of nitrogens with one attached hydrogen (secondary N) is 2. The molecule has 0 radical (unpaired) electrons. The molecule has 0 fully saturated rings. The number of furan rings is 1. The first-order chi connectivity index (χ1) is 12.3. The first-order valence-corrected chi connectivity index (χ1v) is 8.49. The number of benzene rings is 2. The molecule has 5 nitrogen and oxygen atoms in total. The summed E-state index contributed by atoms with van der Waals surface area (Å²) in [5.41, 5.74) is 6.24. The highest BCUT2D eigenvalue weighted by Gasteiger charge is 2.12. The van der Waals surface area contributed by atoms with Gasteiger partial charge in [-0.2, -0.15) is 0 Å². The van der Waals surface area contributed by atoms with E-state index >= 15 is 0 Å². The van der Waals surface area contributed by atoms with E-state index in [1.807, 2.05) is 39.0 Å². The van der Waals surface area contributed by atoms with Crippen molar-refractivity contribution in [2.24, 2.45) is 0 Å². The van der Waals surface area contributed by atoms with Gasteiger partial charge in [-0.25, -0.2) is 0 Å². The molecule has 2 amide bonds. The molecule has 2 aromatic carbocycles. The second-order valence-corrected chi connectivity index (χ2v) is 6.63. The van der Waals surface area contributed by atoms with E-state index in [-0.39, 0.29) is 18.2 Å². The van der Waals surface area contributed by atoms with Gasteiger partial charge in [0.1, 0.15) is 5.58 Å². The van der Waals surface area contributed by atoms with Crippen molar-refractivity contribution < 1.29 is 14.0 Å². The third kappa shape index (κ3) is 3.77. The lowest BCUT2D eigenvalue weighted by Gasteiger charge is -2.10. The zero-order chi connectivity index (χ0) is 18.8. The summed E-state index contributed by atoms with van der Waals surface area (Å²) in [5.74, 6) is -0.282. The highest BCUT2D eigenvalue weighted by atomic mass is 16.3. The SMILES string of the molecule is CC(=O)Nc1cc(NC(=O)Cc2coc3cc(C)c(C)cc23)ccc1C. The summed E-state index contributed by atoms with van der Waals surface area (Å²) in [4.78, 5) is 23.7. The fourth-order valence-corrected chi connectivity index (χ4v) is 2.88. The topological polar surface area (TPSA) is 71.3 Å². The van der Waals surface area contributed by atoms with Crippen molar-refractivity contribution in [1.82, 2.24) is 0 Å². The lowest BCUT2D eigenvalue weighted by Crippen LogP contribution is -2.15. The van der Waals surface area contributed by atoms with Crippen LogP contribution >= 0.6 is 0 Å². The van der Waals surface area contributed by atoms with Crippen LogP contribution in [0.1, 0.15) is 29.2 Å². The summed E-state index contributed by atoms with van der Waals surface area (Å²) in [6, 6.07) is 9.48. The Morgan fingerprint density at radius 1 is 0.962 bits per heavy atom. The fraction of sp³-hybridized carbons (Fsp3) is 0.238. The molecular weight excluding hydrogens is 328 g/mol. The second kappa shape index (κ2) is 7.04. The zero-order valence-electron chi connectivity index (χ0n) is 15.4. The zero-order valence-corrected chi connectivity index (χ0v) is 15.4. The molecule has 134 valence electrons. The Morgan fingerprint density at radius 3 is 2.42 bits per heavy atom. The molecule has 0 unspecified atom stereocenters. The summed E-state index contributed by atoms with van der Waals surface area (Å²) < 4.78 is 5.59. The molecule has 3 rings (SSSR count). The van der Waals surface area contributed by atoms with Crippen LogP contribution in [0.25, 0.3) is 11.0 Å². The predicted octanol–water partition coefficient (Wildman–Crippen LogP) is 4.50. The Kier molecular flexibility index (Phi) is 4.80. The van der Waals surface area contributed by atoms with Crippen LogP contribution in [0.3, 0.4) is 0 Å². The minimum absolute atomic E-state index is 0.136. The van der Waals surface area contributed by atoms with Crippen molar-refractivity contribution in [3.8, 4) is 0 Å². The van der Waals surface area contributed by atoms with Crippen molar-refractivity contribution in [2.75, 3.05) is 10.6 Å². The minimum Gasteiger partial charge on any atom is -0.464 e. The predicted molar refractivity (Wildman–Crippen MR) is 104 cm³/mol. The fourth-order valence-electron chi connectivity index (χ4n) is 2.88. The summed E-state index contributed by atoms with van der Waals surface area (Å²) in [6.45, 7) is 7.44. The number of carbonyl (C=O) groups excluding carboxylic acids is 2. The number of hydrogen-bond acceptors (Lipinski definition) is 3. The molecule has 0 atom stereocenters. The molecule has 0 aliphatic carbocycles.